The maximum absolute atomic E-state index is 11.3. The van der Waals surface area contributed by atoms with Crippen LogP contribution in [0.15, 0.2) is 47.8 Å². The van der Waals surface area contributed by atoms with Gasteiger partial charge in [-0.15, -0.1) is 11.3 Å². The van der Waals surface area contributed by atoms with Crippen molar-refractivity contribution in [3.8, 4) is 22.0 Å². The highest BCUT2D eigenvalue weighted by atomic mass is 32.1. The van der Waals surface area contributed by atoms with Crippen molar-refractivity contribution in [1.82, 2.24) is 9.78 Å². The van der Waals surface area contributed by atoms with E-state index < -0.39 is 5.97 Å². The number of methoxy groups -OCH3 is 1. The molecule has 0 spiro atoms. The number of carbonyl (C=O) groups excluding carboxylic acids is 1. The van der Waals surface area contributed by atoms with Gasteiger partial charge in [-0.05, 0) is 41.8 Å². The van der Waals surface area contributed by atoms with Gasteiger partial charge in [-0.3, -0.25) is 0 Å². The van der Waals surface area contributed by atoms with Crippen LogP contribution in [-0.2, 0) is 0 Å². The molecule has 1 aromatic carbocycles. The van der Waals surface area contributed by atoms with Gasteiger partial charge in [-0.1, -0.05) is 6.07 Å². The van der Waals surface area contributed by atoms with Crippen LogP contribution in [0, 0.1) is 0 Å². The second kappa shape index (κ2) is 5.41. The molecule has 3 aromatic rings. The highest BCUT2D eigenvalue weighted by Crippen LogP contribution is 2.26. The number of benzene rings is 1. The number of thiophene rings is 1. The number of hydrogen-bond acceptors (Lipinski definition) is 5. The molecule has 5 nitrogen and oxygen atoms in total. The summed E-state index contributed by atoms with van der Waals surface area (Å²) in [5.74, 6) is -0.569. The maximum Gasteiger partial charge on any atom is 0.119 e. The van der Waals surface area contributed by atoms with Gasteiger partial charge in [0.1, 0.15) is 11.4 Å². The number of carboxylic acids is 1. The van der Waals surface area contributed by atoms with Crippen LogP contribution in [-0.4, -0.2) is 22.9 Å². The molecule has 106 valence electrons. The van der Waals surface area contributed by atoms with Crippen LogP contribution in [0.1, 0.15) is 10.5 Å². The molecule has 0 saturated heterocycles. The number of aromatic nitrogens is 2. The fourth-order valence-corrected chi connectivity index (χ4v) is 2.67. The molecule has 2 heterocycles. The molecule has 2 aromatic heterocycles. The number of aromatic carboxylic acids is 1. The largest absolute Gasteiger partial charge is 0.543 e. The van der Waals surface area contributed by atoms with Crippen molar-refractivity contribution < 1.29 is 14.6 Å². The molecule has 0 unspecified atom stereocenters. The lowest BCUT2D eigenvalue weighted by Crippen LogP contribution is -2.25. The number of nitrogens with zero attached hydrogens (tertiary/aromatic N) is 2. The first kappa shape index (κ1) is 13.4. The topological polar surface area (TPSA) is 67.2 Å². The Bertz CT molecular complexity index is 761. The van der Waals surface area contributed by atoms with E-state index >= 15 is 0 Å². The first-order valence-corrected chi connectivity index (χ1v) is 7.06. The summed E-state index contributed by atoms with van der Waals surface area (Å²) in [4.78, 5) is 12.2. The SMILES string of the molecule is COc1ccc(-n2nc(-c3cccs3)cc2C(=O)[O-])cc1. The van der Waals surface area contributed by atoms with E-state index in [4.69, 9.17) is 4.74 Å². The molecule has 0 N–H and O–H groups in total. The van der Waals surface area contributed by atoms with E-state index in [0.717, 1.165) is 4.88 Å². The van der Waals surface area contributed by atoms with Crippen molar-refractivity contribution in [1.29, 1.82) is 0 Å². The van der Waals surface area contributed by atoms with Gasteiger partial charge in [0.2, 0.25) is 0 Å². The molecule has 0 bridgehead atoms. The Labute approximate surface area is 125 Å². The van der Waals surface area contributed by atoms with Crippen molar-refractivity contribution in [2.24, 2.45) is 0 Å². The third kappa shape index (κ3) is 2.53. The normalized spacial score (nSPS) is 10.5. The lowest BCUT2D eigenvalue weighted by Gasteiger charge is -2.08. The highest BCUT2D eigenvalue weighted by Gasteiger charge is 2.12. The van der Waals surface area contributed by atoms with Crippen molar-refractivity contribution in [2.75, 3.05) is 7.11 Å². The minimum Gasteiger partial charge on any atom is -0.543 e. The van der Waals surface area contributed by atoms with Crippen molar-refractivity contribution in [3.05, 3.63) is 53.5 Å². The van der Waals surface area contributed by atoms with Gasteiger partial charge >= 0.3 is 0 Å². The lowest BCUT2D eigenvalue weighted by molar-refractivity contribution is -0.255. The van der Waals surface area contributed by atoms with Crippen LogP contribution < -0.4 is 9.84 Å². The highest BCUT2D eigenvalue weighted by molar-refractivity contribution is 7.13. The van der Waals surface area contributed by atoms with Gasteiger partial charge in [0, 0.05) is 0 Å². The number of carboxylic acid groups (broad SMARTS) is 1. The zero-order chi connectivity index (χ0) is 14.8. The molecule has 0 saturated carbocycles. The first-order valence-electron chi connectivity index (χ1n) is 6.19. The quantitative estimate of drug-likeness (QED) is 0.738. The molecule has 3 rings (SSSR count). The number of hydrogen-bond donors (Lipinski definition) is 0. The predicted octanol–water partition coefficient (Wildman–Crippen LogP) is 1.97. The number of carbonyl (C=O) groups is 1. The Kier molecular flexibility index (Phi) is 3.45. The van der Waals surface area contributed by atoms with Crippen LogP contribution in [0.5, 0.6) is 5.75 Å². The summed E-state index contributed by atoms with van der Waals surface area (Å²) in [6.45, 7) is 0. The average molecular weight is 299 g/mol. The van der Waals surface area contributed by atoms with Crippen LogP contribution in [0.3, 0.4) is 0 Å². The summed E-state index contributed by atoms with van der Waals surface area (Å²) in [6, 6.07) is 12.3. The smallest absolute Gasteiger partial charge is 0.119 e. The zero-order valence-corrected chi connectivity index (χ0v) is 12.0. The van der Waals surface area contributed by atoms with Gasteiger partial charge in [-0.2, -0.15) is 5.10 Å². The molecule has 6 heteroatoms. The Morgan fingerprint density at radius 3 is 2.62 bits per heavy atom. The van der Waals surface area contributed by atoms with E-state index in [9.17, 15) is 9.90 Å². The summed E-state index contributed by atoms with van der Waals surface area (Å²) in [6.07, 6.45) is 0. The summed E-state index contributed by atoms with van der Waals surface area (Å²) >= 11 is 1.50. The Morgan fingerprint density at radius 2 is 2.05 bits per heavy atom. The van der Waals surface area contributed by atoms with E-state index in [2.05, 4.69) is 5.10 Å². The van der Waals surface area contributed by atoms with Crippen LogP contribution in [0.4, 0.5) is 0 Å². The lowest BCUT2D eigenvalue weighted by atomic mass is 10.3. The monoisotopic (exact) mass is 299 g/mol. The average Bonchev–Trinajstić information content (AvgIpc) is 3.16. The molecule has 0 atom stereocenters. The maximum atomic E-state index is 11.3. The van der Waals surface area contributed by atoms with Gasteiger partial charge in [-0.25, -0.2) is 4.68 Å². The van der Waals surface area contributed by atoms with Gasteiger partial charge < -0.3 is 14.6 Å². The summed E-state index contributed by atoms with van der Waals surface area (Å²) in [5.41, 5.74) is 1.27. The van der Waals surface area contributed by atoms with E-state index in [0.29, 0.717) is 17.1 Å². The van der Waals surface area contributed by atoms with Gasteiger partial charge in [0.25, 0.3) is 0 Å². The molecule has 0 amide bonds. The minimum absolute atomic E-state index is 0.0172. The van der Waals surface area contributed by atoms with Gasteiger partial charge in [0.15, 0.2) is 0 Å². The molecular formula is C15H11N2O3S-. The Balaban J connectivity index is 2.09. The molecule has 0 radical (unpaired) electrons. The van der Waals surface area contributed by atoms with Crippen molar-refractivity contribution >= 4 is 17.3 Å². The second-order valence-electron chi connectivity index (χ2n) is 4.29. The molecular weight excluding hydrogens is 288 g/mol. The van der Waals surface area contributed by atoms with E-state index in [-0.39, 0.29) is 5.69 Å². The van der Waals surface area contributed by atoms with Crippen LogP contribution in [0.2, 0.25) is 0 Å². The molecule has 21 heavy (non-hydrogen) atoms. The molecule has 0 aliphatic rings. The number of ether oxygens (including phenoxy) is 1. The fourth-order valence-electron chi connectivity index (χ4n) is 1.99. The third-order valence-electron chi connectivity index (χ3n) is 3.01. The third-order valence-corrected chi connectivity index (χ3v) is 3.90. The van der Waals surface area contributed by atoms with E-state index in [1.165, 1.54) is 22.1 Å². The second-order valence-corrected chi connectivity index (χ2v) is 5.24. The van der Waals surface area contributed by atoms with Crippen LogP contribution in [0.25, 0.3) is 16.3 Å². The Morgan fingerprint density at radius 1 is 1.29 bits per heavy atom. The van der Waals surface area contributed by atoms with Crippen molar-refractivity contribution in [3.63, 3.8) is 0 Å². The zero-order valence-electron chi connectivity index (χ0n) is 11.1. The van der Waals surface area contributed by atoms with Crippen molar-refractivity contribution in [2.45, 2.75) is 0 Å². The standard InChI is InChI=1S/C15H12N2O3S/c1-20-11-6-4-10(5-7-11)17-13(15(18)19)9-12(16-17)14-3-2-8-21-14/h2-9H,1H3,(H,18,19)/p-1. The minimum atomic E-state index is -1.26. The summed E-state index contributed by atoms with van der Waals surface area (Å²) in [7, 11) is 1.57. The number of rotatable bonds is 4. The summed E-state index contributed by atoms with van der Waals surface area (Å²) in [5, 5.41) is 17.6. The molecule has 0 aliphatic heterocycles. The fraction of sp³-hybridized carbons (Fsp3) is 0.0667. The Hall–Kier alpha value is -2.60. The summed E-state index contributed by atoms with van der Waals surface area (Å²) < 4.78 is 6.46. The van der Waals surface area contributed by atoms with Gasteiger partial charge in [0.05, 0.1) is 29.3 Å². The van der Waals surface area contributed by atoms with Crippen LogP contribution >= 0.6 is 11.3 Å². The first-order chi connectivity index (χ1) is 10.2. The van der Waals surface area contributed by atoms with E-state index in [1.807, 2.05) is 17.5 Å². The predicted molar refractivity (Wildman–Crippen MR) is 77.8 cm³/mol. The van der Waals surface area contributed by atoms with E-state index in [1.54, 1.807) is 31.4 Å². The molecule has 0 aliphatic carbocycles. The molecule has 0 fully saturated rings.